The molecule has 25 heavy (non-hydrogen) atoms. The second-order valence-corrected chi connectivity index (χ2v) is 6.80. The van der Waals surface area contributed by atoms with Gasteiger partial charge in [-0.15, -0.1) is 5.10 Å². The van der Waals surface area contributed by atoms with Gasteiger partial charge in [-0.3, -0.25) is 0 Å². The van der Waals surface area contributed by atoms with Gasteiger partial charge in [-0.25, -0.2) is 18.2 Å². The molecule has 0 aliphatic heterocycles. The fourth-order valence-electron chi connectivity index (χ4n) is 2.05. The fourth-order valence-corrected chi connectivity index (χ4v) is 3.18. The molecule has 0 bridgehead atoms. The van der Waals surface area contributed by atoms with Gasteiger partial charge >= 0.3 is 12.2 Å². The van der Waals surface area contributed by atoms with Crippen molar-refractivity contribution in [2.24, 2.45) is 0 Å². The number of carbonyl (C=O) groups excluding carboxylic acids is 1. The first-order valence-corrected chi connectivity index (χ1v) is 8.72. The standard InChI is InChI=1S/C14H15F3N4O3S/c1-3-20(4-2)13(22)21-9-18-12(19-21)25(23,24)11-7-5-6-10(8-11)14(15,16)17/h5-9H,3-4H2,1-2H3. The van der Waals surface area contributed by atoms with E-state index in [4.69, 9.17) is 0 Å². The van der Waals surface area contributed by atoms with E-state index in [-0.39, 0.29) is 0 Å². The topological polar surface area (TPSA) is 85.2 Å². The number of alkyl halides is 3. The Balaban J connectivity index is 2.40. The molecule has 2 aromatic rings. The summed E-state index contributed by atoms with van der Waals surface area (Å²) in [6.45, 7) is 4.23. The third-order valence-electron chi connectivity index (χ3n) is 3.41. The van der Waals surface area contributed by atoms with Gasteiger partial charge < -0.3 is 4.90 Å². The Kier molecular flexibility index (Phi) is 5.16. The molecule has 0 radical (unpaired) electrons. The number of aromatic nitrogens is 3. The predicted octanol–water partition coefficient (Wildman–Crippen LogP) is 2.44. The van der Waals surface area contributed by atoms with Gasteiger partial charge in [0.15, 0.2) is 0 Å². The van der Waals surface area contributed by atoms with Gasteiger partial charge in [-0.05, 0) is 32.0 Å². The predicted molar refractivity (Wildman–Crippen MR) is 80.6 cm³/mol. The van der Waals surface area contributed by atoms with E-state index >= 15 is 0 Å². The number of carbonyl (C=O) groups is 1. The van der Waals surface area contributed by atoms with Gasteiger partial charge in [0, 0.05) is 13.1 Å². The van der Waals surface area contributed by atoms with E-state index < -0.39 is 37.7 Å². The van der Waals surface area contributed by atoms with Crippen LogP contribution in [0.5, 0.6) is 0 Å². The van der Waals surface area contributed by atoms with Gasteiger partial charge in [0.05, 0.1) is 10.5 Å². The normalized spacial score (nSPS) is 12.2. The number of hydrogen-bond acceptors (Lipinski definition) is 5. The zero-order valence-corrected chi connectivity index (χ0v) is 14.2. The molecule has 0 atom stereocenters. The van der Waals surface area contributed by atoms with Gasteiger partial charge in [0.1, 0.15) is 6.33 Å². The van der Waals surface area contributed by atoms with Gasteiger partial charge in [0.2, 0.25) is 9.84 Å². The first-order valence-electron chi connectivity index (χ1n) is 7.24. The molecule has 136 valence electrons. The molecule has 0 N–H and O–H groups in total. The van der Waals surface area contributed by atoms with Crippen LogP contribution in [0.25, 0.3) is 0 Å². The maximum Gasteiger partial charge on any atom is 0.416 e. The van der Waals surface area contributed by atoms with E-state index in [1.807, 2.05) is 0 Å². The molecule has 0 spiro atoms. The van der Waals surface area contributed by atoms with Crippen LogP contribution in [0.1, 0.15) is 19.4 Å². The van der Waals surface area contributed by atoms with Crippen LogP contribution in [0.3, 0.4) is 0 Å². The third-order valence-corrected chi connectivity index (χ3v) is 4.96. The molecule has 1 amide bonds. The molecule has 0 aliphatic rings. The average Bonchev–Trinajstić information content (AvgIpc) is 3.06. The maximum absolute atomic E-state index is 12.8. The summed E-state index contributed by atoms with van der Waals surface area (Å²) < 4.78 is 63.9. The van der Waals surface area contributed by atoms with Crippen molar-refractivity contribution in [3.05, 3.63) is 36.2 Å². The molecule has 11 heteroatoms. The molecule has 0 unspecified atom stereocenters. The summed E-state index contributed by atoms with van der Waals surface area (Å²) in [5.74, 6) is 0. The van der Waals surface area contributed by atoms with Crippen LogP contribution in [-0.2, 0) is 16.0 Å². The van der Waals surface area contributed by atoms with Crippen LogP contribution >= 0.6 is 0 Å². The lowest BCUT2D eigenvalue weighted by Crippen LogP contribution is -2.34. The van der Waals surface area contributed by atoms with Crippen molar-refractivity contribution >= 4 is 15.9 Å². The highest BCUT2D eigenvalue weighted by molar-refractivity contribution is 7.91. The minimum absolute atomic E-state index is 0.380. The molecule has 1 aromatic carbocycles. The molecular formula is C14H15F3N4O3S. The van der Waals surface area contributed by atoms with Crippen LogP contribution in [0.2, 0.25) is 0 Å². The summed E-state index contributed by atoms with van der Waals surface area (Å²) in [5.41, 5.74) is -1.10. The zero-order valence-electron chi connectivity index (χ0n) is 13.4. The van der Waals surface area contributed by atoms with Crippen molar-refractivity contribution in [1.29, 1.82) is 0 Å². The summed E-state index contributed by atoms with van der Waals surface area (Å²) in [4.78, 5) is 16.5. The van der Waals surface area contributed by atoms with E-state index in [1.165, 1.54) is 4.90 Å². The molecule has 1 aromatic heterocycles. The molecule has 1 heterocycles. The lowest BCUT2D eigenvalue weighted by Gasteiger charge is -2.17. The minimum Gasteiger partial charge on any atom is -0.323 e. The fraction of sp³-hybridized carbons (Fsp3) is 0.357. The minimum atomic E-state index is -4.68. The molecule has 2 rings (SSSR count). The molecule has 0 saturated heterocycles. The van der Waals surface area contributed by atoms with E-state index in [1.54, 1.807) is 13.8 Å². The van der Waals surface area contributed by atoms with E-state index in [0.717, 1.165) is 29.2 Å². The number of halogens is 3. The smallest absolute Gasteiger partial charge is 0.323 e. The lowest BCUT2D eigenvalue weighted by molar-refractivity contribution is -0.137. The Labute approximate surface area is 142 Å². The van der Waals surface area contributed by atoms with Crippen molar-refractivity contribution < 1.29 is 26.4 Å². The van der Waals surface area contributed by atoms with E-state index in [9.17, 15) is 26.4 Å². The van der Waals surface area contributed by atoms with Crippen LogP contribution in [0.4, 0.5) is 18.0 Å². The number of nitrogens with zero attached hydrogens (tertiary/aromatic N) is 4. The van der Waals surface area contributed by atoms with Gasteiger partial charge in [0.25, 0.3) is 5.16 Å². The number of rotatable bonds is 4. The number of sulfone groups is 1. The Morgan fingerprint density at radius 3 is 2.44 bits per heavy atom. The number of benzene rings is 1. The highest BCUT2D eigenvalue weighted by Crippen LogP contribution is 2.31. The Morgan fingerprint density at radius 1 is 1.24 bits per heavy atom. The summed E-state index contributed by atoms with van der Waals surface area (Å²) in [6.07, 6.45) is -3.77. The highest BCUT2D eigenvalue weighted by Gasteiger charge is 2.33. The van der Waals surface area contributed by atoms with E-state index in [0.29, 0.717) is 19.2 Å². The average molecular weight is 376 g/mol. The van der Waals surface area contributed by atoms with Crippen molar-refractivity contribution in [2.45, 2.75) is 30.1 Å². The highest BCUT2D eigenvalue weighted by atomic mass is 32.2. The van der Waals surface area contributed by atoms with Crippen molar-refractivity contribution in [3.8, 4) is 0 Å². The Bertz CT molecular complexity index is 873. The maximum atomic E-state index is 12.8. The van der Waals surface area contributed by atoms with Crippen LogP contribution in [0, 0.1) is 0 Å². The zero-order chi connectivity index (χ0) is 18.8. The first kappa shape index (κ1) is 18.9. The van der Waals surface area contributed by atoms with Crippen molar-refractivity contribution in [1.82, 2.24) is 19.7 Å². The number of hydrogen-bond donors (Lipinski definition) is 0. The summed E-state index contributed by atoms with van der Waals surface area (Å²) >= 11 is 0. The number of amides is 1. The third kappa shape index (κ3) is 3.81. The second kappa shape index (κ2) is 6.82. The summed E-state index contributed by atoms with van der Waals surface area (Å²) in [7, 11) is -4.39. The SMILES string of the molecule is CCN(CC)C(=O)n1cnc(S(=O)(=O)c2cccc(C(F)(F)F)c2)n1. The van der Waals surface area contributed by atoms with E-state index in [2.05, 4.69) is 10.1 Å². The Hall–Kier alpha value is -2.43. The lowest BCUT2D eigenvalue weighted by atomic mass is 10.2. The first-order chi connectivity index (χ1) is 11.6. The second-order valence-electron chi connectivity index (χ2n) is 4.96. The van der Waals surface area contributed by atoms with Gasteiger partial charge in [-0.1, -0.05) is 6.07 Å². The largest absolute Gasteiger partial charge is 0.416 e. The molecule has 0 saturated carbocycles. The summed E-state index contributed by atoms with van der Waals surface area (Å²) in [5, 5.41) is 2.87. The molecular weight excluding hydrogens is 361 g/mol. The Morgan fingerprint density at radius 2 is 1.88 bits per heavy atom. The monoisotopic (exact) mass is 376 g/mol. The van der Waals surface area contributed by atoms with Crippen LogP contribution < -0.4 is 0 Å². The van der Waals surface area contributed by atoms with Crippen LogP contribution in [0.15, 0.2) is 40.6 Å². The molecule has 7 nitrogen and oxygen atoms in total. The molecule has 0 fully saturated rings. The summed E-state index contributed by atoms with van der Waals surface area (Å²) in [6, 6.07) is 2.67. The van der Waals surface area contributed by atoms with Crippen molar-refractivity contribution in [3.63, 3.8) is 0 Å². The van der Waals surface area contributed by atoms with Crippen molar-refractivity contribution in [2.75, 3.05) is 13.1 Å². The van der Waals surface area contributed by atoms with Gasteiger partial charge in [-0.2, -0.15) is 17.9 Å². The molecule has 0 aliphatic carbocycles. The van der Waals surface area contributed by atoms with Crippen LogP contribution in [-0.4, -0.2) is 47.2 Å². The quantitative estimate of drug-likeness (QED) is 0.818.